The largest absolute Gasteiger partial charge is 0.464 e. The number of thiophene rings is 1. The summed E-state index contributed by atoms with van der Waals surface area (Å²) in [6.07, 6.45) is 1.65. The van der Waals surface area contributed by atoms with Crippen molar-refractivity contribution >= 4 is 27.5 Å². The van der Waals surface area contributed by atoms with Crippen molar-refractivity contribution in [3.05, 3.63) is 75.6 Å². The number of furan rings is 1. The second kappa shape index (κ2) is 7.40. The normalized spacial score (nSPS) is 11.2. The molecule has 8 heteroatoms. The maximum absolute atomic E-state index is 14.1. The van der Waals surface area contributed by atoms with Crippen molar-refractivity contribution in [3.8, 4) is 11.3 Å². The lowest BCUT2D eigenvalue weighted by Gasteiger charge is -2.12. The van der Waals surface area contributed by atoms with E-state index >= 15 is 0 Å². The molecule has 0 aliphatic rings. The summed E-state index contributed by atoms with van der Waals surface area (Å²) in [6, 6.07) is 9.84. The van der Waals surface area contributed by atoms with Gasteiger partial charge >= 0.3 is 0 Å². The molecular weight excluding hydrogens is 381 g/mol. The molecule has 0 fully saturated rings. The van der Waals surface area contributed by atoms with Gasteiger partial charge in [0.2, 0.25) is 5.91 Å². The van der Waals surface area contributed by atoms with Crippen molar-refractivity contribution < 1.29 is 13.6 Å². The fourth-order valence-electron chi connectivity index (χ4n) is 3.08. The molecule has 0 atom stereocenters. The van der Waals surface area contributed by atoms with Crippen LogP contribution in [0.15, 0.2) is 57.3 Å². The number of rotatable bonds is 6. The minimum atomic E-state index is -0.527. The van der Waals surface area contributed by atoms with E-state index in [9.17, 15) is 14.0 Å². The molecule has 6 nitrogen and oxygen atoms in total. The molecule has 142 valence electrons. The number of fused-ring (bicyclic) bond motifs is 1. The molecule has 2 N–H and O–H groups in total. The summed E-state index contributed by atoms with van der Waals surface area (Å²) in [4.78, 5) is 29.7. The van der Waals surface area contributed by atoms with Gasteiger partial charge in [0, 0.05) is 30.3 Å². The van der Waals surface area contributed by atoms with Crippen LogP contribution in [0.25, 0.3) is 21.5 Å². The van der Waals surface area contributed by atoms with Gasteiger partial charge in [0.15, 0.2) is 0 Å². The summed E-state index contributed by atoms with van der Waals surface area (Å²) in [7, 11) is 0. The van der Waals surface area contributed by atoms with Gasteiger partial charge in [-0.1, -0.05) is 18.2 Å². The fraction of sp³-hybridized carbons (Fsp3) is 0.150. The first-order valence-electron chi connectivity index (χ1n) is 8.61. The van der Waals surface area contributed by atoms with E-state index in [1.165, 1.54) is 28.2 Å². The predicted octanol–water partition coefficient (Wildman–Crippen LogP) is 3.32. The molecule has 3 heterocycles. The lowest BCUT2D eigenvalue weighted by molar-refractivity contribution is -0.118. The van der Waals surface area contributed by atoms with Crippen molar-refractivity contribution in [2.45, 2.75) is 19.4 Å². The standard InChI is InChI=1S/C20H16FN3O3S/c21-14-5-2-1-4-12(14)10-17-23-19-18(20(26)24(17)8-7-16(22)25)13(11-28-19)15-6-3-9-27-15/h1-6,9,11H,7-8,10H2,(H2,22,25). The molecule has 0 saturated heterocycles. The number of hydrogen-bond donors (Lipinski definition) is 1. The molecule has 28 heavy (non-hydrogen) atoms. The zero-order valence-electron chi connectivity index (χ0n) is 14.7. The number of carbonyl (C=O) groups is 1. The van der Waals surface area contributed by atoms with Crippen molar-refractivity contribution in [3.63, 3.8) is 0 Å². The van der Waals surface area contributed by atoms with E-state index in [-0.39, 0.29) is 30.8 Å². The predicted molar refractivity (Wildman–Crippen MR) is 105 cm³/mol. The molecule has 0 aliphatic carbocycles. The van der Waals surface area contributed by atoms with Crippen LogP contribution in [0.4, 0.5) is 4.39 Å². The lowest BCUT2D eigenvalue weighted by atomic mass is 10.1. The van der Waals surface area contributed by atoms with Crippen LogP contribution in [-0.2, 0) is 17.8 Å². The van der Waals surface area contributed by atoms with Crippen LogP contribution in [0.3, 0.4) is 0 Å². The molecule has 0 bridgehead atoms. The molecule has 0 spiro atoms. The Hall–Kier alpha value is -3.26. The van der Waals surface area contributed by atoms with E-state index in [1.807, 2.05) is 5.38 Å². The third-order valence-electron chi connectivity index (χ3n) is 4.45. The Kier molecular flexibility index (Phi) is 4.79. The molecular formula is C20H16FN3O3S. The molecule has 0 aliphatic heterocycles. The van der Waals surface area contributed by atoms with E-state index in [0.29, 0.717) is 32.9 Å². The van der Waals surface area contributed by atoms with Crippen LogP contribution in [-0.4, -0.2) is 15.5 Å². The number of nitrogens with two attached hydrogens (primary N) is 1. The zero-order chi connectivity index (χ0) is 19.7. The van der Waals surface area contributed by atoms with E-state index in [0.717, 1.165) is 0 Å². The number of primary amides is 1. The highest BCUT2D eigenvalue weighted by Crippen LogP contribution is 2.31. The molecule has 1 amide bonds. The summed E-state index contributed by atoms with van der Waals surface area (Å²) in [5.41, 5.74) is 6.04. The Morgan fingerprint density at radius 2 is 2.07 bits per heavy atom. The molecule has 3 aromatic heterocycles. The number of aromatic nitrogens is 2. The van der Waals surface area contributed by atoms with Crippen molar-refractivity contribution in [1.29, 1.82) is 0 Å². The van der Waals surface area contributed by atoms with Crippen molar-refractivity contribution in [1.82, 2.24) is 9.55 Å². The maximum Gasteiger partial charge on any atom is 0.263 e. The Labute approximate surface area is 163 Å². The minimum Gasteiger partial charge on any atom is -0.464 e. The Bertz CT molecular complexity index is 1210. The number of amides is 1. The summed E-state index contributed by atoms with van der Waals surface area (Å²) >= 11 is 1.32. The van der Waals surface area contributed by atoms with Gasteiger partial charge in [0.1, 0.15) is 22.2 Å². The third-order valence-corrected chi connectivity index (χ3v) is 5.32. The fourth-order valence-corrected chi connectivity index (χ4v) is 4.02. The van der Waals surface area contributed by atoms with Crippen LogP contribution in [0.5, 0.6) is 0 Å². The van der Waals surface area contributed by atoms with Crippen LogP contribution >= 0.6 is 11.3 Å². The van der Waals surface area contributed by atoms with Gasteiger partial charge < -0.3 is 10.2 Å². The van der Waals surface area contributed by atoms with E-state index in [4.69, 9.17) is 10.2 Å². The number of hydrogen-bond acceptors (Lipinski definition) is 5. The van der Waals surface area contributed by atoms with Crippen LogP contribution in [0, 0.1) is 5.82 Å². The Morgan fingerprint density at radius 3 is 2.79 bits per heavy atom. The quantitative estimate of drug-likeness (QED) is 0.540. The maximum atomic E-state index is 14.1. The topological polar surface area (TPSA) is 91.1 Å². The number of carbonyl (C=O) groups excluding carboxylic acids is 1. The molecule has 0 radical (unpaired) electrons. The summed E-state index contributed by atoms with van der Waals surface area (Å²) in [5.74, 6) is 0.0475. The third kappa shape index (κ3) is 3.34. The van der Waals surface area contributed by atoms with Crippen LogP contribution in [0.2, 0.25) is 0 Å². The smallest absolute Gasteiger partial charge is 0.263 e. The number of benzene rings is 1. The summed E-state index contributed by atoms with van der Waals surface area (Å²) < 4.78 is 21.0. The average Bonchev–Trinajstić information content (AvgIpc) is 3.32. The molecule has 0 saturated carbocycles. The van der Waals surface area contributed by atoms with Crippen molar-refractivity contribution in [2.75, 3.05) is 0 Å². The second-order valence-corrected chi connectivity index (χ2v) is 7.13. The van der Waals surface area contributed by atoms with E-state index in [2.05, 4.69) is 4.98 Å². The van der Waals surface area contributed by atoms with Gasteiger partial charge in [-0.2, -0.15) is 0 Å². The summed E-state index contributed by atoms with van der Waals surface area (Å²) in [6.45, 7) is 0.0777. The van der Waals surface area contributed by atoms with Gasteiger partial charge in [-0.3, -0.25) is 14.2 Å². The molecule has 4 aromatic rings. The van der Waals surface area contributed by atoms with Gasteiger partial charge in [-0.15, -0.1) is 11.3 Å². The van der Waals surface area contributed by atoms with E-state index in [1.54, 1.807) is 30.3 Å². The number of halogens is 1. The first-order valence-corrected chi connectivity index (χ1v) is 9.49. The monoisotopic (exact) mass is 397 g/mol. The first kappa shape index (κ1) is 18.1. The molecule has 0 unspecified atom stereocenters. The minimum absolute atomic E-state index is 0.0163. The van der Waals surface area contributed by atoms with E-state index < -0.39 is 5.91 Å². The SMILES string of the molecule is NC(=O)CCn1c(Cc2ccccc2F)nc2scc(-c3ccco3)c2c1=O. The van der Waals surface area contributed by atoms with Gasteiger partial charge in [0.25, 0.3) is 5.56 Å². The van der Waals surface area contributed by atoms with Crippen LogP contribution < -0.4 is 11.3 Å². The lowest BCUT2D eigenvalue weighted by Crippen LogP contribution is -2.28. The highest BCUT2D eigenvalue weighted by Gasteiger charge is 2.19. The zero-order valence-corrected chi connectivity index (χ0v) is 15.5. The second-order valence-electron chi connectivity index (χ2n) is 6.28. The Morgan fingerprint density at radius 1 is 1.25 bits per heavy atom. The van der Waals surface area contributed by atoms with Crippen molar-refractivity contribution in [2.24, 2.45) is 5.73 Å². The molecule has 4 rings (SSSR count). The van der Waals surface area contributed by atoms with Gasteiger partial charge in [0.05, 0.1) is 11.6 Å². The first-order chi connectivity index (χ1) is 13.5. The number of nitrogens with zero attached hydrogens (tertiary/aromatic N) is 2. The highest BCUT2D eigenvalue weighted by atomic mass is 32.1. The molecule has 1 aromatic carbocycles. The summed E-state index contributed by atoms with van der Waals surface area (Å²) in [5, 5.41) is 2.23. The highest BCUT2D eigenvalue weighted by molar-refractivity contribution is 7.17. The van der Waals surface area contributed by atoms with Gasteiger partial charge in [-0.05, 0) is 23.8 Å². The van der Waals surface area contributed by atoms with Crippen LogP contribution in [0.1, 0.15) is 17.8 Å². The average molecular weight is 397 g/mol. The Balaban J connectivity index is 1.88. The van der Waals surface area contributed by atoms with Gasteiger partial charge in [-0.25, -0.2) is 9.37 Å².